The highest BCUT2D eigenvalue weighted by Gasteiger charge is 2.53. The number of piperidine rings is 1. The Balaban J connectivity index is 1.70. The second-order valence-electron chi connectivity index (χ2n) is 20.9. The Hall–Kier alpha value is -3.14. The van der Waals surface area contributed by atoms with E-state index in [1.54, 1.807) is 54.4 Å². The molecule has 16 heteroatoms. The van der Waals surface area contributed by atoms with Crippen LogP contribution in [0.25, 0.3) is 0 Å². The van der Waals surface area contributed by atoms with Gasteiger partial charge in [-0.3, -0.25) is 23.7 Å². The maximum Gasteiger partial charge on any atom is 0.329 e. The van der Waals surface area contributed by atoms with E-state index in [4.69, 9.17) is 28.2 Å². The average Bonchev–Trinajstić information content (AvgIpc) is 3.30. The predicted octanol–water partition coefficient (Wildman–Crippen LogP) is 7.74. The number of ketones is 3. The maximum absolute atomic E-state index is 14.5. The highest BCUT2D eigenvalue weighted by molar-refractivity contribution is 7.57. The third-order valence-corrected chi connectivity index (χ3v) is 15.6. The highest BCUT2D eigenvalue weighted by atomic mass is 31.2. The van der Waals surface area contributed by atoms with Gasteiger partial charge in [-0.05, 0) is 107 Å². The van der Waals surface area contributed by atoms with E-state index in [1.807, 2.05) is 58.1 Å². The fraction of sp³-hybridized carbons (Fsp3) is 0.755. The number of methoxy groups -OCH3 is 3. The number of carbonyl (C=O) groups excluding carboxylic acids is 5. The number of carbonyl (C=O) groups is 5. The van der Waals surface area contributed by atoms with Gasteiger partial charge in [0.2, 0.25) is 5.79 Å². The molecule has 0 aromatic rings. The Labute approximate surface area is 411 Å². The summed E-state index contributed by atoms with van der Waals surface area (Å²) in [4.78, 5) is 72.2. The smallest absolute Gasteiger partial charge is 0.329 e. The van der Waals surface area contributed by atoms with Crippen molar-refractivity contribution < 1.29 is 67.0 Å². The molecule has 15 nitrogen and oxygen atoms in total. The average molecular weight is 990 g/mol. The molecule has 3 heterocycles. The lowest BCUT2D eigenvalue weighted by Crippen LogP contribution is -2.61. The molecule has 15 atom stereocenters. The van der Waals surface area contributed by atoms with Crippen LogP contribution < -0.4 is 0 Å². The zero-order chi connectivity index (χ0) is 51.4. The molecule has 1 amide bonds. The number of aliphatic hydroxyl groups is 2. The number of rotatable bonds is 8. The second-order valence-corrected chi connectivity index (χ2v) is 23.6. The van der Waals surface area contributed by atoms with E-state index in [9.17, 15) is 38.8 Å². The number of nitrogens with zero attached hydrogens (tertiary/aromatic N) is 1. The number of aliphatic hydroxyl groups excluding tert-OH is 1. The van der Waals surface area contributed by atoms with Gasteiger partial charge in [-0.2, -0.15) is 0 Å². The summed E-state index contributed by atoms with van der Waals surface area (Å²) in [6.07, 6.45) is 11.4. The highest BCUT2D eigenvalue weighted by Crippen LogP contribution is 2.45. The summed E-state index contributed by atoms with van der Waals surface area (Å²) >= 11 is 0. The summed E-state index contributed by atoms with van der Waals surface area (Å²) in [7, 11) is 1.76. The third-order valence-electron chi connectivity index (χ3n) is 14.8. The SMILES string of the molecule is CO[C@H]1C[C@@H]2CC[C@@H](C)[C@@](O)(O2)C(=O)C(=O)N2CCCC[C@H]2C(=O)O[C@H](C(C)C[C@@H]2CC[C@@H](OP(C)(C)=O)[C@H](OC)C2)CC(=O)[C@H](C)/C=C(\C)[C@@H](O)[C@@H](OC)C(=O)[C@H](C)C[C@H](C)/C=C/C=C/C=C\1C. The van der Waals surface area contributed by atoms with Crippen LogP contribution in [0.2, 0.25) is 0 Å². The van der Waals surface area contributed by atoms with Crippen molar-refractivity contribution in [2.24, 2.45) is 35.5 Å². The van der Waals surface area contributed by atoms with Gasteiger partial charge in [-0.25, -0.2) is 4.79 Å². The standard InChI is InChI=1S/C53H84NO14P/c1-32-18-14-13-15-19-33(2)44(63-8)30-40-23-21-38(7)53(61,67-40)50(58)51(59)54-25-17-16-20-41(54)52(60)66-45(35(4)28-39-22-24-43(46(29-39)64-9)68-69(11,12)62)31-42(55)34(3)27-37(6)48(57)49(65-10)47(56)36(5)26-32/h13-15,18-19,27,32,34-36,38-41,43-46,48-49,57,61H,16-17,20-26,28-31H2,1-12H3/b15-13+,18-14+,33-19-,37-27+/t32-,34-,35?,36-,38-,39+,40+,41+,43-,44+,45+,46-,48-,49+,53-/m1/s1. The molecule has 3 fully saturated rings. The lowest BCUT2D eigenvalue weighted by molar-refractivity contribution is -0.265. The molecule has 1 aliphatic carbocycles. The van der Waals surface area contributed by atoms with Crippen molar-refractivity contribution in [2.45, 2.75) is 180 Å². The predicted molar refractivity (Wildman–Crippen MR) is 263 cm³/mol. The molecule has 0 aromatic carbocycles. The molecule has 0 radical (unpaired) electrons. The van der Waals surface area contributed by atoms with Gasteiger partial charge in [0.1, 0.15) is 30.1 Å². The molecule has 2 saturated heterocycles. The summed E-state index contributed by atoms with van der Waals surface area (Å²) in [5, 5.41) is 23.5. The summed E-state index contributed by atoms with van der Waals surface area (Å²) in [5.41, 5.74) is 1.25. The molecule has 390 valence electrons. The number of cyclic esters (lactones) is 1. The topological polar surface area (TPSA) is 201 Å². The first-order valence-corrected chi connectivity index (χ1v) is 27.7. The number of hydrogen-bond donors (Lipinski definition) is 2. The number of amides is 1. The van der Waals surface area contributed by atoms with Gasteiger partial charge < -0.3 is 43.3 Å². The number of allylic oxidation sites excluding steroid dienone is 6. The maximum atomic E-state index is 14.5. The molecule has 4 aliphatic rings. The van der Waals surface area contributed by atoms with Crippen molar-refractivity contribution in [1.29, 1.82) is 0 Å². The molecule has 2 bridgehead atoms. The van der Waals surface area contributed by atoms with Crippen LogP contribution in [0, 0.1) is 35.5 Å². The van der Waals surface area contributed by atoms with E-state index in [2.05, 4.69) is 0 Å². The first kappa shape index (κ1) is 58.4. The molecule has 0 spiro atoms. The molecule has 4 rings (SSSR count). The second kappa shape index (κ2) is 26.5. The minimum Gasteiger partial charge on any atom is -0.460 e. The van der Waals surface area contributed by atoms with Crippen LogP contribution in [-0.4, -0.2) is 140 Å². The van der Waals surface area contributed by atoms with Gasteiger partial charge in [0.25, 0.3) is 11.7 Å². The van der Waals surface area contributed by atoms with E-state index in [-0.39, 0.29) is 60.9 Å². The monoisotopic (exact) mass is 990 g/mol. The molecule has 1 saturated carbocycles. The lowest BCUT2D eigenvalue weighted by Gasteiger charge is -2.42. The third kappa shape index (κ3) is 16.2. The zero-order valence-electron chi connectivity index (χ0n) is 43.4. The molecular weight excluding hydrogens is 906 g/mol. The van der Waals surface area contributed by atoms with Crippen molar-refractivity contribution in [1.82, 2.24) is 4.90 Å². The molecule has 1 unspecified atom stereocenters. The molecule has 69 heavy (non-hydrogen) atoms. The van der Waals surface area contributed by atoms with Crippen LogP contribution >= 0.6 is 7.37 Å². The number of Topliss-reactive ketones (excluding diaryl/α,β-unsaturated/α-hetero) is 3. The van der Waals surface area contributed by atoms with Crippen molar-refractivity contribution in [2.75, 3.05) is 41.2 Å². The van der Waals surface area contributed by atoms with Crippen LogP contribution in [-0.2, 0) is 56.7 Å². The van der Waals surface area contributed by atoms with Crippen LogP contribution in [0.5, 0.6) is 0 Å². The summed E-state index contributed by atoms with van der Waals surface area (Å²) in [5.74, 6) is -8.11. The first-order chi connectivity index (χ1) is 32.4. The summed E-state index contributed by atoms with van der Waals surface area (Å²) in [6.45, 7) is 15.9. The van der Waals surface area contributed by atoms with Crippen LogP contribution in [0.3, 0.4) is 0 Å². The normalized spacial score (nSPS) is 39.0. The molecule has 3 aliphatic heterocycles. The minimum atomic E-state index is -2.79. The molecular formula is C53H84NO14P. The number of hydrogen-bond acceptors (Lipinski definition) is 14. The van der Waals surface area contributed by atoms with Gasteiger partial charge in [-0.15, -0.1) is 0 Å². The van der Waals surface area contributed by atoms with Crippen molar-refractivity contribution in [3.05, 3.63) is 47.6 Å². The van der Waals surface area contributed by atoms with E-state index in [0.717, 1.165) is 12.0 Å². The van der Waals surface area contributed by atoms with Gasteiger partial charge in [0, 0.05) is 71.8 Å². The summed E-state index contributed by atoms with van der Waals surface area (Å²) < 4.78 is 48.2. The van der Waals surface area contributed by atoms with E-state index >= 15 is 0 Å². The van der Waals surface area contributed by atoms with Gasteiger partial charge in [0.05, 0.1) is 24.4 Å². The largest absolute Gasteiger partial charge is 0.460 e. The Morgan fingerprint density at radius 2 is 1.57 bits per heavy atom. The van der Waals surface area contributed by atoms with Gasteiger partial charge in [0.15, 0.2) is 13.2 Å². The van der Waals surface area contributed by atoms with Crippen LogP contribution in [0.15, 0.2) is 47.6 Å². The first-order valence-electron chi connectivity index (χ1n) is 25.2. The van der Waals surface area contributed by atoms with Crippen molar-refractivity contribution in [3.63, 3.8) is 0 Å². The lowest BCUT2D eigenvalue weighted by atomic mass is 9.78. The quantitative estimate of drug-likeness (QED) is 0.104. The van der Waals surface area contributed by atoms with Crippen LogP contribution in [0.1, 0.15) is 126 Å². The van der Waals surface area contributed by atoms with Crippen molar-refractivity contribution >= 4 is 36.6 Å². The van der Waals surface area contributed by atoms with Gasteiger partial charge in [-0.1, -0.05) is 71.1 Å². The van der Waals surface area contributed by atoms with Crippen molar-refractivity contribution in [3.8, 4) is 0 Å². The number of fused-ring (bicyclic) bond motifs is 3. The van der Waals surface area contributed by atoms with E-state index < -0.39 is 85.1 Å². The summed E-state index contributed by atoms with van der Waals surface area (Å²) in [6, 6.07) is -1.16. The Morgan fingerprint density at radius 1 is 0.855 bits per heavy atom. The minimum absolute atomic E-state index is 0.0117. The van der Waals surface area contributed by atoms with Crippen LogP contribution in [0.4, 0.5) is 0 Å². The molecule has 0 aromatic heterocycles. The Bertz CT molecular complexity index is 1940. The van der Waals surface area contributed by atoms with Gasteiger partial charge >= 0.3 is 5.97 Å². The number of ether oxygens (including phenoxy) is 5. The van der Waals surface area contributed by atoms with E-state index in [1.165, 1.54) is 12.0 Å². The fourth-order valence-electron chi connectivity index (χ4n) is 10.5. The zero-order valence-corrected chi connectivity index (χ0v) is 44.3. The Morgan fingerprint density at radius 3 is 2.22 bits per heavy atom. The number of esters is 1. The van der Waals surface area contributed by atoms with E-state index in [0.29, 0.717) is 63.4 Å². The molecule has 2 N–H and O–H groups in total. The fourth-order valence-corrected chi connectivity index (χ4v) is 11.4. The Kier molecular flexibility index (Phi) is 22.5.